The van der Waals surface area contributed by atoms with E-state index in [1.54, 1.807) is 4.57 Å². The Kier molecular flexibility index (Phi) is 2.64. The van der Waals surface area contributed by atoms with Gasteiger partial charge in [0, 0.05) is 13.0 Å². The molecule has 1 N–H and O–H groups in total. The van der Waals surface area contributed by atoms with Crippen molar-refractivity contribution in [2.24, 2.45) is 5.92 Å². The van der Waals surface area contributed by atoms with Crippen LogP contribution >= 0.6 is 0 Å². The van der Waals surface area contributed by atoms with Crippen molar-refractivity contribution in [1.82, 2.24) is 9.55 Å². The van der Waals surface area contributed by atoms with Gasteiger partial charge in [-0.3, -0.25) is 4.79 Å². The van der Waals surface area contributed by atoms with Gasteiger partial charge in [0.15, 0.2) is 0 Å². The monoisotopic (exact) mass is 224 g/mol. The van der Waals surface area contributed by atoms with Gasteiger partial charge in [-0.25, -0.2) is 9.78 Å². The summed E-state index contributed by atoms with van der Waals surface area (Å²) in [6.45, 7) is 0.337. The Bertz CT molecular complexity index is 438. The smallest absolute Gasteiger partial charge is 0.354 e. The van der Waals surface area contributed by atoms with Crippen LogP contribution in [0.2, 0.25) is 0 Å². The number of ether oxygens (including phenoxy) is 1. The number of fused-ring (bicyclic) bond motifs is 1. The second-order valence-electron chi connectivity index (χ2n) is 3.73. The zero-order valence-electron chi connectivity index (χ0n) is 8.84. The number of carboxylic acid groups (broad SMARTS) is 1. The van der Waals surface area contributed by atoms with E-state index in [-0.39, 0.29) is 17.6 Å². The summed E-state index contributed by atoms with van der Waals surface area (Å²) in [5, 5.41) is 8.93. The molecule has 16 heavy (non-hydrogen) atoms. The second-order valence-corrected chi connectivity index (χ2v) is 3.73. The highest BCUT2D eigenvalue weighted by molar-refractivity contribution is 5.85. The first kappa shape index (κ1) is 10.7. The lowest BCUT2D eigenvalue weighted by Gasteiger charge is -2.22. The van der Waals surface area contributed by atoms with Crippen molar-refractivity contribution >= 4 is 11.9 Å². The molecule has 1 aromatic rings. The van der Waals surface area contributed by atoms with Crippen LogP contribution in [0.25, 0.3) is 0 Å². The minimum absolute atomic E-state index is 0.128. The highest BCUT2D eigenvalue weighted by atomic mass is 16.5. The van der Waals surface area contributed by atoms with E-state index in [1.165, 1.54) is 13.3 Å². The standard InChI is InChI=1S/C10H12N2O4/c1-16-10(15)6-2-3-8-11-4-7(9(13)14)12(8)5-6/h4,6H,2-3,5H2,1H3,(H,13,14). The number of hydrogen-bond acceptors (Lipinski definition) is 4. The van der Waals surface area contributed by atoms with Crippen LogP contribution in [0, 0.1) is 5.92 Å². The van der Waals surface area contributed by atoms with Gasteiger partial charge in [-0.15, -0.1) is 0 Å². The maximum absolute atomic E-state index is 11.4. The number of hydrogen-bond donors (Lipinski definition) is 1. The molecular formula is C10H12N2O4. The SMILES string of the molecule is COC(=O)C1CCc2ncc(C(=O)O)n2C1. The topological polar surface area (TPSA) is 81.4 Å². The molecule has 6 nitrogen and oxygen atoms in total. The Morgan fingerprint density at radius 1 is 1.62 bits per heavy atom. The lowest BCUT2D eigenvalue weighted by Crippen LogP contribution is -2.29. The summed E-state index contributed by atoms with van der Waals surface area (Å²) < 4.78 is 6.24. The molecule has 0 amide bonds. The summed E-state index contributed by atoms with van der Waals surface area (Å²) in [5.74, 6) is -0.873. The van der Waals surface area contributed by atoms with Gasteiger partial charge in [-0.1, -0.05) is 0 Å². The van der Waals surface area contributed by atoms with E-state index in [9.17, 15) is 9.59 Å². The average molecular weight is 224 g/mol. The number of nitrogens with zero attached hydrogens (tertiary/aromatic N) is 2. The minimum Gasteiger partial charge on any atom is -0.477 e. The molecule has 0 spiro atoms. The number of carboxylic acids is 1. The van der Waals surface area contributed by atoms with Crippen molar-refractivity contribution in [2.45, 2.75) is 19.4 Å². The summed E-state index contributed by atoms with van der Waals surface area (Å²) >= 11 is 0. The van der Waals surface area contributed by atoms with E-state index in [2.05, 4.69) is 9.72 Å². The molecule has 1 aliphatic heterocycles. The molecule has 6 heteroatoms. The molecule has 0 bridgehead atoms. The number of aromatic nitrogens is 2. The van der Waals surface area contributed by atoms with E-state index < -0.39 is 5.97 Å². The van der Waals surface area contributed by atoms with Crippen LogP contribution in [0.1, 0.15) is 22.7 Å². The third-order valence-corrected chi connectivity index (χ3v) is 2.81. The quantitative estimate of drug-likeness (QED) is 0.731. The maximum Gasteiger partial charge on any atom is 0.354 e. The van der Waals surface area contributed by atoms with Crippen LogP contribution in [-0.4, -0.2) is 33.7 Å². The number of carbonyl (C=O) groups is 2. The van der Waals surface area contributed by atoms with Gasteiger partial charge in [0.25, 0.3) is 0 Å². The summed E-state index contributed by atoms with van der Waals surface area (Å²) in [5.41, 5.74) is 0.128. The first-order valence-corrected chi connectivity index (χ1v) is 4.99. The van der Waals surface area contributed by atoms with Crippen LogP contribution in [0.4, 0.5) is 0 Å². The van der Waals surface area contributed by atoms with Crippen molar-refractivity contribution < 1.29 is 19.4 Å². The van der Waals surface area contributed by atoms with E-state index in [0.717, 1.165) is 5.82 Å². The van der Waals surface area contributed by atoms with Crippen LogP contribution in [0.3, 0.4) is 0 Å². The molecular weight excluding hydrogens is 212 g/mol. The first-order valence-electron chi connectivity index (χ1n) is 4.99. The fraction of sp³-hybridized carbons (Fsp3) is 0.500. The Labute approximate surface area is 91.8 Å². The summed E-state index contributed by atoms with van der Waals surface area (Å²) in [6, 6.07) is 0. The third kappa shape index (κ3) is 1.66. The molecule has 0 radical (unpaired) electrons. The number of aromatic carboxylic acids is 1. The van der Waals surface area contributed by atoms with Crippen LogP contribution < -0.4 is 0 Å². The van der Waals surface area contributed by atoms with Gasteiger partial charge >= 0.3 is 11.9 Å². The number of carbonyl (C=O) groups excluding carboxylic acids is 1. The minimum atomic E-state index is -1.02. The van der Waals surface area contributed by atoms with Crippen LogP contribution in [-0.2, 0) is 22.5 Å². The fourth-order valence-electron chi connectivity index (χ4n) is 1.96. The van der Waals surface area contributed by atoms with Crippen molar-refractivity contribution in [3.8, 4) is 0 Å². The Morgan fingerprint density at radius 3 is 3.00 bits per heavy atom. The van der Waals surface area contributed by atoms with Crippen molar-refractivity contribution in [3.63, 3.8) is 0 Å². The normalized spacial score (nSPS) is 18.9. The predicted molar refractivity (Wildman–Crippen MR) is 53.0 cm³/mol. The molecule has 1 unspecified atom stereocenters. The average Bonchev–Trinajstić information content (AvgIpc) is 2.70. The van der Waals surface area contributed by atoms with Gasteiger partial charge in [-0.2, -0.15) is 0 Å². The second kappa shape index (κ2) is 3.96. The highest BCUT2D eigenvalue weighted by Crippen LogP contribution is 2.22. The molecule has 2 heterocycles. The molecule has 0 saturated heterocycles. The zero-order valence-corrected chi connectivity index (χ0v) is 8.84. The molecule has 1 aliphatic rings. The van der Waals surface area contributed by atoms with Crippen molar-refractivity contribution in [3.05, 3.63) is 17.7 Å². The van der Waals surface area contributed by atoms with E-state index in [4.69, 9.17) is 5.11 Å². The Balaban J connectivity index is 2.27. The number of aryl methyl sites for hydroxylation is 1. The Morgan fingerprint density at radius 2 is 2.38 bits per heavy atom. The predicted octanol–water partition coefficient (Wildman–Crippen LogP) is 0.317. The molecule has 1 atom stereocenters. The molecule has 0 saturated carbocycles. The summed E-state index contributed by atoms with van der Waals surface area (Å²) in [7, 11) is 1.34. The number of rotatable bonds is 2. The lowest BCUT2D eigenvalue weighted by atomic mass is 9.99. The Hall–Kier alpha value is -1.85. The largest absolute Gasteiger partial charge is 0.477 e. The van der Waals surface area contributed by atoms with Gasteiger partial charge in [0.05, 0.1) is 19.2 Å². The van der Waals surface area contributed by atoms with E-state index in [1.807, 2.05) is 0 Å². The molecule has 1 aromatic heterocycles. The summed E-state index contributed by atoms with van der Waals surface area (Å²) in [6.07, 6.45) is 2.59. The van der Waals surface area contributed by atoms with Crippen LogP contribution in [0.5, 0.6) is 0 Å². The molecule has 0 aromatic carbocycles. The van der Waals surface area contributed by atoms with Gasteiger partial charge in [0.1, 0.15) is 11.5 Å². The summed E-state index contributed by atoms with van der Waals surface area (Å²) in [4.78, 5) is 26.3. The van der Waals surface area contributed by atoms with Crippen LogP contribution in [0.15, 0.2) is 6.20 Å². The van der Waals surface area contributed by atoms with Gasteiger partial charge in [0.2, 0.25) is 0 Å². The molecule has 0 aliphatic carbocycles. The molecule has 0 fully saturated rings. The number of methoxy groups -OCH3 is 1. The first-order chi connectivity index (χ1) is 7.63. The fourth-order valence-corrected chi connectivity index (χ4v) is 1.96. The van der Waals surface area contributed by atoms with E-state index >= 15 is 0 Å². The van der Waals surface area contributed by atoms with Gasteiger partial charge < -0.3 is 14.4 Å². The van der Waals surface area contributed by atoms with E-state index in [0.29, 0.717) is 19.4 Å². The third-order valence-electron chi connectivity index (χ3n) is 2.81. The zero-order chi connectivity index (χ0) is 11.7. The lowest BCUT2D eigenvalue weighted by molar-refractivity contribution is -0.146. The maximum atomic E-state index is 11.4. The molecule has 2 rings (SSSR count). The molecule has 86 valence electrons. The number of imidazole rings is 1. The van der Waals surface area contributed by atoms with Crippen molar-refractivity contribution in [2.75, 3.05) is 7.11 Å². The van der Waals surface area contributed by atoms with Gasteiger partial charge in [-0.05, 0) is 6.42 Å². The highest BCUT2D eigenvalue weighted by Gasteiger charge is 2.28. The van der Waals surface area contributed by atoms with Crippen molar-refractivity contribution in [1.29, 1.82) is 0 Å². The number of esters is 1.